The molecule has 0 unspecified atom stereocenters. The summed E-state index contributed by atoms with van der Waals surface area (Å²) in [5.41, 5.74) is 4.87. The molecule has 0 bridgehead atoms. The maximum Gasteiger partial charge on any atom is 0.321 e. The molecule has 126 valence electrons. The smallest absolute Gasteiger partial charge is 0.321 e. The van der Waals surface area contributed by atoms with Crippen LogP contribution in [-0.4, -0.2) is 42.0 Å². The Labute approximate surface area is 144 Å². The topological polar surface area (TPSA) is 35.6 Å². The van der Waals surface area contributed by atoms with Crippen molar-refractivity contribution >= 4 is 11.7 Å². The van der Waals surface area contributed by atoms with Crippen molar-refractivity contribution in [1.82, 2.24) is 9.80 Å². The standard InChI is InChI=1S/C20H25N3O/c1-16-8-9-18(14-17(16)2)15-22-10-12-23(13-11-22)20(24)21-19-6-4-3-5-7-19/h3-9,14H,10-13,15H2,1-2H3,(H,21,24). The molecular weight excluding hydrogens is 298 g/mol. The van der Waals surface area contributed by atoms with E-state index in [1.807, 2.05) is 35.2 Å². The average Bonchev–Trinajstić information content (AvgIpc) is 2.60. The number of benzene rings is 2. The zero-order valence-electron chi connectivity index (χ0n) is 14.5. The minimum Gasteiger partial charge on any atom is -0.322 e. The summed E-state index contributed by atoms with van der Waals surface area (Å²) in [6.07, 6.45) is 0. The van der Waals surface area contributed by atoms with Gasteiger partial charge in [0.1, 0.15) is 0 Å². The molecule has 0 saturated carbocycles. The van der Waals surface area contributed by atoms with Crippen molar-refractivity contribution in [2.75, 3.05) is 31.5 Å². The number of hydrogen-bond donors (Lipinski definition) is 1. The lowest BCUT2D eigenvalue weighted by molar-refractivity contribution is 0.143. The van der Waals surface area contributed by atoms with Crippen LogP contribution >= 0.6 is 0 Å². The van der Waals surface area contributed by atoms with Crippen LogP contribution in [0, 0.1) is 13.8 Å². The van der Waals surface area contributed by atoms with E-state index in [9.17, 15) is 4.79 Å². The van der Waals surface area contributed by atoms with Gasteiger partial charge in [0, 0.05) is 38.4 Å². The third kappa shape index (κ3) is 4.15. The lowest BCUT2D eigenvalue weighted by Crippen LogP contribution is -2.49. The van der Waals surface area contributed by atoms with Gasteiger partial charge in [-0.3, -0.25) is 4.90 Å². The molecule has 1 fully saturated rings. The molecule has 0 radical (unpaired) electrons. The maximum atomic E-state index is 12.3. The van der Waals surface area contributed by atoms with E-state index in [1.165, 1.54) is 16.7 Å². The summed E-state index contributed by atoms with van der Waals surface area (Å²) < 4.78 is 0. The van der Waals surface area contributed by atoms with E-state index in [1.54, 1.807) is 0 Å². The number of nitrogens with zero attached hydrogens (tertiary/aromatic N) is 2. The molecule has 1 heterocycles. The first-order valence-electron chi connectivity index (χ1n) is 8.51. The predicted molar refractivity (Wildman–Crippen MR) is 98.2 cm³/mol. The van der Waals surface area contributed by atoms with Gasteiger partial charge in [-0.15, -0.1) is 0 Å². The first-order chi connectivity index (χ1) is 11.6. The van der Waals surface area contributed by atoms with Crippen molar-refractivity contribution in [1.29, 1.82) is 0 Å². The number of rotatable bonds is 3. The Kier molecular flexibility index (Phi) is 5.16. The summed E-state index contributed by atoms with van der Waals surface area (Å²) in [5.74, 6) is 0. The van der Waals surface area contributed by atoms with E-state index in [4.69, 9.17) is 0 Å². The van der Waals surface area contributed by atoms with Gasteiger partial charge < -0.3 is 10.2 Å². The predicted octanol–water partition coefficient (Wildman–Crippen LogP) is 3.65. The van der Waals surface area contributed by atoms with E-state index in [0.717, 1.165) is 38.4 Å². The SMILES string of the molecule is Cc1ccc(CN2CCN(C(=O)Nc3ccccc3)CC2)cc1C. The first kappa shape index (κ1) is 16.5. The molecule has 0 spiro atoms. The van der Waals surface area contributed by atoms with Gasteiger partial charge in [0.25, 0.3) is 0 Å². The molecule has 4 nitrogen and oxygen atoms in total. The third-order valence-electron chi connectivity index (χ3n) is 4.66. The highest BCUT2D eigenvalue weighted by molar-refractivity contribution is 5.89. The van der Waals surface area contributed by atoms with E-state index in [-0.39, 0.29) is 6.03 Å². The first-order valence-corrected chi connectivity index (χ1v) is 8.51. The quantitative estimate of drug-likeness (QED) is 0.936. The van der Waals surface area contributed by atoms with Gasteiger partial charge in [-0.2, -0.15) is 0 Å². The number of aryl methyl sites for hydroxylation is 2. The average molecular weight is 323 g/mol. The van der Waals surface area contributed by atoms with E-state index >= 15 is 0 Å². The van der Waals surface area contributed by atoms with Crippen LogP contribution in [0.3, 0.4) is 0 Å². The molecule has 1 saturated heterocycles. The van der Waals surface area contributed by atoms with E-state index in [0.29, 0.717) is 0 Å². The number of carbonyl (C=O) groups excluding carboxylic acids is 1. The van der Waals surface area contributed by atoms with Crippen molar-refractivity contribution in [2.45, 2.75) is 20.4 Å². The summed E-state index contributed by atoms with van der Waals surface area (Å²) in [6, 6.07) is 16.3. The van der Waals surface area contributed by atoms with Crippen LogP contribution in [0.2, 0.25) is 0 Å². The van der Waals surface area contributed by atoms with Crippen molar-refractivity contribution in [3.05, 3.63) is 65.2 Å². The number of urea groups is 1. The van der Waals surface area contributed by atoms with E-state index < -0.39 is 0 Å². The molecule has 1 N–H and O–H groups in total. The van der Waals surface area contributed by atoms with Gasteiger partial charge in [-0.05, 0) is 42.7 Å². The third-order valence-corrected chi connectivity index (χ3v) is 4.66. The zero-order chi connectivity index (χ0) is 16.9. The van der Waals surface area contributed by atoms with Crippen LogP contribution in [0.1, 0.15) is 16.7 Å². The number of amides is 2. The summed E-state index contributed by atoms with van der Waals surface area (Å²) in [6.45, 7) is 8.61. The summed E-state index contributed by atoms with van der Waals surface area (Å²) >= 11 is 0. The van der Waals surface area contributed by atoms with Gasteiger partial charge >= 0.3 is 6.03 Å². The Morgan fingerprint density at radius 3 is 2.33 bits per heavy atom. The highest BCUT2D eigenvalue weighted by atomic mass is 16.2. The van der Waals surface area contributed by atoms with Gasteiger partial charge in [0.2, 0.25) is 0 Å². The van der Waals surface area contributed by atoms with Crippen LogP contribution in [0.4, 0.5) is 10.5 Å². The maximum absolute atomic E-state index is 12.3. The Hall–Kier alpha value is -2.33. The van der Waals surface area contributed by atoms with Gasteiger partial charge in [-0.1, -0.05) is 36.4 Å². The molecule has 2 amide bonds. The van der Waals surface area contributed by atoms with Crippen LogP contribution in [0.15, 0.2) is 48.5 Å². The molecule has 2 aromatic carbocycles. The molecular formula is C20H25N3O. The van der Waals surface area contributed by atoms with Crippen LogP contribution in [-0.2, 0) is 6.54 Å². The number of nitrogens with one attached hydrogen (secondary N) is 1. The molecule has 24 heavy (non-hydrogen) atoms. The van der Waals surface area contributed by atoms with Crippen LogP contribution in [0.25, 0.3) is 0 Å². The lowest BCUT2D eigenvalue weighted by atomic mass is 10.1. The minimum absolute atomic E-state index is 0.00738. The number of piperazine rings is 1. The number of anilines is 1. The Balaban J connectivity index is 1.50. The second-order valence-electron chi connectivity index (χ2n) is 6.48. The lowest BCUT2D eigenvalue weighted by Gasteiger charge is -2.34. The number of carbonyl (C=O) groups is 1. The Morgan fingerprint density at radius 2 is 1.67 bits per heavy atom. The summed E-state index contributed by atoms with van der Waals surface area (Å²) in [5, 5.41) is 2.96. The van der Waals surface area contributed by atoms with Crippen LogP contribution < -0.4 is 5.32 Å². The number of hydrogen-bond acceptors (Lipinski definition) is 2. The van der Waals surface area contributed by atoms with Gasteiger partial charge in [0.15, 0.2) is 0 Å². The molecule has 0 aliphatic carbocycles. The molecule has 2 aromatic rings. The van der Waals surface area contributed by atoms with Crippen molar-refractivity contribution in [2.24, 2.45) is 0 Å². The molecule has 1 aliphatic heterocycles. The fourth-order valence-corrected chi connectivity index (χ4v) is 2.99. The fraction of sp³-hybridized carbons (Fsp3) is 0.350. The van der Waals surface area contributed by atoms with Gasteiger partial charge in [-0.25, -0.2) is 4.79 Å². The van der Waals surface area contributed by atoms with Crippen molar-refractivity contribution in [3.63, 3.8) is 0 Å². The molecule has 0 aromatic heterocycles. The largest absolute Gasteiger partial charge is 0.322 e. The van der Waals surface area contributed by atoms with Crippen LogP contribution in [0.5, 0.6) is 0 Å². The number of para-hydroxylation sites is 1. The second kappa shape index (κ2) is 7.49. The van der Waals surface area contributed by atoms with Gasteiger partial charge in [0.05, 0.1) is 0 Å². The van der Waals surface area contributed by atoms with Crippen molar-refractivity contribution < 1.29 is 4.79 Å². The highest BCUT2D eigenvalue weighted by Crippen LogP contribution is 2.14. The summed E-state index contributed by atoms with van der Waals surface area (Å²) in [4.78, 5) is 16.6. The fourth-order valence-electron chi connectivity index (χ4n) is 2.99. The Bertz CT molecular complexity index is 691. The molecule has 0 atom stereocenters. The summed E-state index contributed by atoms with van der Waals surface area (Å²) in [7, 11) is 0. The molecule has 4 heteroatoms. The monoisotopic (exact) mass is 323 g/mol. The highest BCUT2D eigenvalue weighted by Gasteiger charge is 2.21. The Morgan fingerprint density at radius 1 is 0.958 bits per heavy atom. The second-order valence-corrected chi connectivity index (χ2v) is 6.48. The van der Waals surface area contributed by atoms with E-state index in [2.05, 4.69) is 42.3 Å². The zero-order valence-corrected chi connectivity index (χ0v) is 14.5. The van der Waals surface area contributed by atoms with Crippen molar-refractivity contribution in [3.8, 4) is 0 Å². The molecule has 3 rings (SSSR count). The minimum atomic E-state index is -0.00738. The molecule has 1 aliphatic rings. The normalized spacial score (nSPS) is 15.3.